The van der Waals surface area contributed by atoms with Gasteiger partial charge in [-0.3, -0.25) is 9.78 Å². The predicted molar refractivity (Wildman–Crippen MR) is 89.3 cm³/mol. The van der Waals surface area contributed by atoms with Crippen LogP contribution in [0.25, 0.3) is 0 Å². The summed E-state index contributed by atoms with van der Waals surface area (Å²) in [4.78, 5) is 29.8. The molecule has 6 nitrogen and oxygen atoms in total. The van der Waals surface area contributed by atoms with Crippen LogP contribution in [0.2, 0.25) is 0 Å². The molecule has 6 heteroatoms. The molecule has 2 aromatic rings. The fourth-order valence-electron chi connectivity index (χ4n) is 3.15. The second kappa shape index (κ2) is 6.02. The third kappa shape index (κ3) is 3.29. The van der Waals surface area contributed by atoms with Crippen molar-refractivity contribution in [3.05, 3.63) is 53.2 Å². The Bertz CT molecular complexity index is 824. The van der Waals surface area contributed by atoms with Gasteiger partial charge in [0.25, 0.3) is 5.91 Å². The van der Waals surface area contributed by atoms with Crippen LogP contribution in [0.1, 0.15) is 64.5 Å². The molecule has 0 bridgehead atoms. The van der Waals surface area contributed by atoms with Gasteiger partial charge in [0.15, 0.2) is 0 Å². The lowest BCUT2D eigenvalue weighted by Crippen LogP contribution is -2.33. The maximum atomic E-state index is 12.8. The van der Waals surface area contributed by atoms with E-state index in [0.29, 0.717) is 18.4 Å². The predicted octanol–water partition coefficient (Wildman–Crippen LogP) is 3.30. The van der Waals surface area contributed by atoms with Gasteiger partial charge in [-0.25, -0.2) is 4.79 Å². The molecule has 2 aliphatic rings. The number of pyridine rings is 1. The fraction of sp³-hybridized carbons (Fsp3) is 0.421. The lowest BCUT2D eigenvalue weighted by molar-refractivity contribution is 0.0696. The maximum Gasteiger partial charge on any atom is 0.335 e. The van der Waals surface area contributed by atoms with Crippen molar-refractivity contribution in [1.82, 2.24) is 9.88 Å². The van der Waals surface area contributed by atoms with Crippen molar-refractivity contribution < 1.29 is 19.1 Å². The largest absolute Gasteiger partial charge is 0.478 e. The van der Waals surface area contributed by atoms with Gasteiger partial charge in [-0.15, -0.1) is 0 Å². The van der Waals surface area contributed by atoms with Gasteiger partial charge >= 0.3 is 5.97 Å². The van der Waals surface area contributed by atoms with Crippen LogP contribution < -0.4 is 0 Å². The second-order valence-corrected chi connectivity index (χ2v) is 7.02. The molecule has 2 saturated carbocycles. The third-order valence-electron chi connectivity index (χ3n) is 4.96. The number of furan rings is 1. The van der Waals surface area contributed by atoms with E-state index in [4.69, 9.17) is 9.52 Å². The van der Waals surface area contributed by atoms with Crippen LogP contribution >= 0.6 is 0 Å². The maximum absolute atomic E-state index is 12.8. The number of amides is 1. The van der Waals surface area contributed by atoms with Crippen molar-refractivity contribution in [2.75, 3.05) is 0 Å². The van der Waals surface area contributed by atoms with E-state index < -0.39 is 5.97 Å². The number of rotatable bonds is 6. The summed E-state index contributed by atoms with van der Waals surface area (Å²) in [5.74, 6) is 1.63. The lowest BCUT2D eigenvalue weighted by Gasteiger charge is -2.21. The Morgan fingerprint density at radius 1 is 1.32 bits per heavy atom. The molecule has 2 aromatic heterocycles. The molecule has 2 unspecified atom stereocenters. The Labute approximate surface area is 145 Å². The van der Waals surface area contributed by atoms with Gasteiger partial charge in [0, 0.05) is 18.2 Å². The average Bonchev–Trinajstić information content (AvgIpc) is 3.53. The summed E-state index contributed by atoms with van der Waals surface area (Å²) in [5, 5.41) is 9.10. The minimum Gasteiger partial charge on any atom is -0.478 e. The quantitative estimate of drug-likeness (QED) is 0.872. The molecule has 0 spiro atoms. The van der Waals surface area contributed by atoms with E-state index in [1.165, 1.54) is 18.3 Å². The summed E-state index contributed by atoms with van der Waals surface area (Å²) in [6, 6.07) is 6.83. The standard InChI is InChI=1S/C19H20N2O4/c1-11-8-15(11)17-5-4-14(25-17)10-21(13-2-3-13)18(22)16-9-12(19(23)24)6-7-20-16/h4-7,9,11,13,15H,2-3,8,10H2,1H3,(H,23,24). The number of carboxylic acids is 1. The molecule has 2 atom stereocenters. The molecule has 0 saturated heterocycles. The van der Waals surface area contributed by atoms with Crippen molar-refractivity contribution in [3.8, 4) is 0 Å². The van der Waals surface area contributed by atoms with Crippen molar-refractivity contribution in [1.29, 1.82) is 0 Å². The molecule has 2 fully saturated rings. The van der Waals surface area contributed by atoms with Crippen molar-refractivity contribution >= 4 is 11.9 Å². The number of carbonyl (C=O) groups excluding carboxylic acids is 1. The normalized spacial score (nSPS) is 21.8. The third-order valence-corrected chi connectivity index (χ3v) is 4.96. The first kappa shape index (κ1) is 15.9. The molecular formula is C19H20N2O4. The first-order valence-corrected chi connectivity index (χ1v) is 8.62. The summed E-state index contributed by atoms with van der Waals surface area (Å²) in [6.45, 7) is 2.59. The Morgan fingerprint density at radius 3 is 2.72 bits per heavy atom. The van der Waals surface area contributed by atoms with Crippen molar-refractivity contribution in [3.63, 3.8) is 0 Å². The van der Waals surface area contributed by atoms with Gasteiger partial charge in [0.1, 0.15) is 17.2 Å². The Kier molecular flexibility index (Phi) is 3.82. The number of carbonyl (C=O) groups is 2. The van der Waals surface area contributed by atoms with Gasteiger partial charge in [-0.05, 0) is 49.4 Å². The van der Waals surface area contributed by atoms with Crippen LogP contribution in [0.3, 0.4) is 0 Å². The molecular weight excluding hydrogens is 320 g/mol. The van der Waals surface area contributed by atoms with Crippen LogP contribution in [0, 0.1) is 5.92 Å². The van der Waals surface area contributed by atoms with E-state index in [-0.39, 0.29) is 23.2 Å². The van der Waals surface area contributed by atoms with Gasteiger partial charge < -0.3 is 14.4 Å². The molecule has 1 N–H and O–H groups in total. The molecule has 0 radical (unpaired) electrons. The van der Waals surface area contributed by atoms with Crippen LogP contribution in [0.4, 0.5) is 0 Å². The number of carboxylic acid groups (broad SMARTS) is 1. The minimum atomic E-state index is -1.07. The summed E-state index contributed by atoms with van der Waals surface area (Å²) in [7, 11) is 0. The van der Waals surface area contributed by atoms with E-state index in [1.807, 2.05) is 12.1 Å². The van der Waals surface area contributed by atoms with Gasteiger partial charge in [-0.2, -0.15) is 0 Å². The van der Waals surface area contributed by atoms with E-state index >= 15 is 0 Å². The molecule has 25 heavy (non-hydrogen) atoms. The smallest absolute Gasteiger partial charge is 0.335 e. The summed E-state index contributed by atoms with van der Waals surface area (Å²) in [6.07, 6.45) is 4.43. The molecule has 2 aliphatic carbocycles. The van der Waals surface area contributed by atoms with E-state index in [2.05, 4.69) is 11.9 Å². The summed E-state index contributed by atoms with van der Waals surface area (Å²) >= 11 is 0. The summed E-state index contributed by atoms with van der Waals surface area (Å²) in [5.41, 5.74) is 0.228. The minimum absolute atomic E-state index is 0.0668. The van der Waals surface area contributed by atoms with E-state index in [9.17, 15) is 9.59 Å². The molecule has 2 heterocycles. The van der Waals surface area contributed by atoms with Gasteiger partial charge in [0.2, 0.25) is 0 Å². The highest BCUT2D eigenvalue weighted by molar-refractivity contribution is 5.96. The topological polar surface area (TPSA) is 83.6 Å². The van der Waals surface area contributed by atoms with Crippen molar-refractivity contribution in [2.24, 2.45) is 5.92 Å². The van der Waals surface area contributed by atoms with E-state index in [1.54, 1.807) is 4.90 Å². The Balaban J connectivity index is 1.53. The highest BCUT2D eigenvalue weighted by atomic mass is 16.4. The first-order chi connectivity index (χ1) is 12.0. The number of hydrogen-bond acceptors (Lipinski definition) is 4. The number of nitrogens with zero attached hydrogens (tertiary/aromatic N) is 2. The number of aromatic carboxylic acids is 1. The molecule has 4 rings (SSSR count). The first-order valence-electron chi connectivity index (χ1n) is 8.62. The summed E-state index contributed by atoms with van der Waals surface area (Å²) < 4.78 is 5.93. The van der Waals surface area contributed by atoms with Crippen LogP contribution in [0.15, 0.2) is 34.9 Å². The number of aromatic nitrogens is 1. The van der Waals surface area contributed by atoms with Gasteiger partial charge in [-0.1, -0.05) is 6.92 Å². The Hall–Kier alpha value is -2.63. The monoisotopic (exact) mass is 340 g/mol. The molecule has 0 aliphatic heterocycles. The Morgan fingerprint density at radius 2 is 2.08 bits per heavy atom. The highest BCUT2D eigenvalue weighted by Crippen LogP contribution is 2.47. The number of hydrogen-bond donors (Lipinski definition) is 1. The van der Waals surface area contributed by atoms with Crippen LogP contribution in [0.5, 0.6) is 0 Å². The second-order valence-electron chi connectivity index (χ2n) is 7.02. The average molecular weight is 340 g/mol. The zero-order chi connectivity index (χ0) is 17.6. The molecule has 130 valence electrons. The highest BCUT2D eigenvalue weighted by Gasteiger charge is 2.38. The zero-order valence-corrected chi connectivity index (χ0v) is 14.0. The van der Waals surface area contributed by atoms with Crippen LogP contribution in [-0.4, -0.2) is 32.9 Å². The molecule has 0 aromatic carbocycles. The SMILES string of the molecule is CC1CC1c1ccc(CN(C(=O)c2cc(C(=O)O)ccn2)C2CC2)o1. The van der Waals surface area contributed by atoms with Crippen LogP contribution in [-0.2, 0) is 6.54 Å². The fourth-order valence-corrected chi connectivity index (χ4v) is 3.15. The zero-order valence-electron chi connectivity index (χ0n) is 14.0. The van der Waals surface area contributed by atoms with Gasteiger partial charge in [0.05, 0.1) is 12.1 Å². The van der Waals surface area contributed by atoms with E-state index in [0.717, 1.165) is 30.8 Å². The lowest BCUT2D eigenvalue weighted by atomic mass is 10.2. The molecule has 1 amide bonds. The van der Waals surface area contributed by atoms with Crippen molar-refractivity contribution in [2.45, 2.75) is 44.7 Å².